The van der Waals surface area contributed by atoms with Gasteiger partial charge in [-0.25, -0.2) is 0 Å². The van der Waals surface area contributed by atoms with Crippen molar-refractivity contribution in [2.75, 3.05) is 26.3 Å². The topological polar surface area (TPSA) is 81.6 Å². The second kappa shape index (κ2) is 8.07. The number of nitrogens with zero attached hydrogens (tertiary/aromatic N) is 3. The lowest BCUT2D eigenvalue weighted by Crippen LogP contribution is -2.51. The third kappa shape index (κ3) is 3.43. The zero-order chi connectivity index (χ0) is 20.4. The Kier molecular flexibility index (Phi) is 5.12. The highest BCUT2D eigenvalue weighted by Gasteiger charge is 2.44. The molecule has 0 atom stereocenters. The summed E-state index contributed by atoms with van der Waals surface area (Å²) >= 11 is 0. The van der Waals surface area contributed by atoms with E-state index >= 15 is 0 Å². The molecule has 0 bridgehead atoms. The zero-order valence-corrected chi connectivity index (χ0v) is 16.8. The van der Waals surface area contributed by atoms with Crippen LogP contribution in [-0.4, -0.2) is 47.3 Å². The average Bonchev–Trinajstić information content (AvgIpc) is 3.52. The second-order valence-electron chi connectivity index (χ2n) is 8.05. The largest absolute Gasteiger partial charge is 0.459 e. The summed E-state index contributed by atoms with van der Waals surface area (Å²) in [4.78, 5) is 15.7. The summed E-state index contributed by atoms with van der Waals surface area (Å²) in [7, 11) is 0. The van der Waals surface area contributed by atoms with E-state index in [1.54, 1.807) is 18.4 Å². The molecule has 0 radical (unpaired) electrons. The summed E-state index contributed by atoms with van der Waals surface area (Å²) in [6, 6.07) is 13.8. The molecule has 1 aromatic carbocycles. The number of ether oxygens (including phenoxy) is 1. The second-order valence-corrected chi connectivity index (χ2v) is 8.05. The number of hydrogen-bond acceptors (Lipinski definition) is 6. The Morgan fingerprint density at radius 1 is 1.00 bits per heavy atom. The fourth-order valence-corrected chi connectivity index (χ4v) is 4.63. The highest BCUT2D eigenvalue weighted by atomic mass is 16.5. The minimum Gasteiger partial charge on any atom is -0.459 e. The molecule has 1 amide bonds. The maximum atomic E-state index is 13.7. The van der Waals surface area contributed by atoms with Gasteiger partial charge in [0.25, 0.3) is 5.89 Å². The number of rotatable bonds is 4. The standard InChI is InChI=1S/C23H25N3O4/c27-22(23(10-15-28-16-11-23)18-5-2-1-3-6-18)26-12-8-17(9-13-26)20-24-25-21(30-20)19-7-4-14-29-19/h1-7,14,17H,8-13,15-16H2. The van der Waals surface area contributed by atoms with E-state index in [2.05, 4.69) is 22.3 Å². The Balaban J connectivity index is 1.29. The number of aromatic nitrogens is 2. The van der Waals surface area contributed by atoms with E-state index in [0.29, 0.717) is 43.8 Å². The van der Waals surface area contributed by atoms with Gasteiger partial charge in [0.05, 0.1) is 11.7 Å². The fraction of sp³-hybridized carbons (Fsp3) is 0.435. The van der Waals surface area contributed by atoms with Crippen LogP contribution in [0.4, 0.5) is 0 Å². The van der Waals surface area contributed by atoms with Gasteiger partial charge >= 0.3 is 0 Å². The van der Waals surface area contributed by atoms with Crippen molar-refractivity contribution in [2.45, 2.75) is 37.0 Å². The van der Waals surface area contributed by atoms with Gasteiger partial charge in [-0.3, -0.25) is 4.79 Å². The number of piperidine rings is 1. The van der Waals surface area contributed by atoms with Crippen molar-refractivity contribution in [2.24, 2.45) is 0 Å². The Labute approximate surface area is 175 Å². The number of furan rings is 1. The van der Waals surface area contributed by atoms with Crippen molar-refractivity contribution < 1.29 is 18.4 Å². The molecule has 4 heterocycles. The molecule has 5 rings (SSSR count). The van der Waals surface area contributed by atoms with Crippen molar-refractivity contribution in [3.05, 3.63) is 60.2 Å². The van der Waals surface area contributed by atoms with Crippen molar-refractivity contribution in [1.82, 2.24) is 15.1 Å². The van der Waals surface area contributed by atoms with E-state index in [-0.39, 0.29) is 11.8 Å². The quantitative estimate of drug-likeness (QED) is 0.655. The van der Waals surface area contributed by atoms with Crippen molar-refractivity contribution >= 4 is 5.91 Å². The van der Waals surface area contributed by atoms with Crippen LogP contribution in [0, 0.1) is 0 Å². The summed E-state index contributed by atoms with van der Waals surface area (Å²) in [5, 5.41) is 8.33. The molecule has 2 saturated heterocycles. The van der Waals surface area contributed by atoms with Crippen LogP contribution in [0.2, 0.25) is 0 Å². The van der Waals surface area contributed by atoms with Crippen LogP contribution in [0.5, 0.6) is 0 Å². The Morgan fingerprint density at radius 2 is 1.77 bits per heavy atom. The molecule has 0 N–H and O–H groups in total. The first-order valence-electron chi connectivity index (χ1n) is 10.6. The van der Waals surface area contributed by atoms with Crippen LogP contribution < -0.4 is 0 Å². The first kappa shape index (κ1) is 19.1. The van der Waals surface area contributed by atoms with Crippen LogP contribution >= 0.6 is 0 Å². The molecule has 2 aliphatic heterocycles. The Hall–Kier alpha value is -2.93. The van der Waals surface area contributed by atoms with Gasteiger partial charge in [-0.05, 0) is 43.4 Å². The number of carbonyl (C=O) groups is 1. The Bertz CT molecular complexity index is 969. The third-order valence-electron chi connectivity index (χ3n) is 6.39. The van der Waals surface area contributed by atoms with Crippen molar-refractivity contribution in [1.29, 1.82) is 0 Å². The summed E-state index contributed by atoms with van der Waals surface area (Å²) in [5.74, 6) is 1.98. The first-order chi connectivity index (χ1) is 14.8. The molecule has 3 aromatic rings. The summed E-state index contributed by atoms with van der Waals surface area (Å²) in [5.41, 5.74) is 0.615. The molecule has 0 aliphatic carbocycles. The van der Waals surface area contributed by atoms with E-state index in [9.17, 15) is 4.79 Å². The number of hydrogen-bond donors (Lipinski definition) is 0. The highest BCUT2D eigenvalue weighted by Crippen LogP contribution is 2.38. The number of carbonyl (C=O) groups excluding carboxylic acids is 1. The number of amides is 1. The van der Waals surface area contributed by atoms with Crippen LogP contribution in [0.1, 0.15) is 43.1 Å². The minimum absolute atomic E-state index is 0.160. The molecule has 0 saturated carbocycles. The summed E-state index contributed by atoms with van der Waals surface area (Å²) < 4.78 is 16.7. The molecule has 2 fully saturated rings. The molecule has 2 aromatic heterocycles. The van der Waals surface area contributed by atoms with E-state index in [0.717, 1.165) is 31.2 Å². The molecule has 2 aliphatic rings. The minimum atomic E-state index is -0.483. The predicted molar refractivity (Wildman–Crippen MR) is 109 cm³/mol. The van der Waals surface area contributed by atoms with Crippen LogP contribution in [0.15, 0.2) is 57.6 Å². The van der Waals surface area contributed by atoms with Gasteiger partial charge in [0, 0.05) is 32.2 Å². The number of benzene rings is 1. The van der Waals surface area contributed by atoms with E-state index in [1.807, 2.05) is 23.1 Å². The monoisotopic (exact) mass is 407 g/mol. The molecule has 30 heavy (non-hydrogen) atoms. The van der Waals surface area contributed by atoms with Crippen LogP contribution in [-0.2, 0) is 14.9 Å². The summed E-state index contributed by atoms with van der Waals surface area (Å²) in [6.45, 7) is 2.62. The molecular formula is C23H25N3O4. The van der Waals surface area contributed by atoms with E-state index in [1.165, 1.54) is 0 Å². The predicted octanol–water partition coefficient (Wildman–Crippen LogP) is 3.78. The fourth-order valence-electron chi connectivity index (χ4n) is 4.63. The normalized spacial score (nSPS) is 19.7. The van der Waals surface area contributed by atoms with Gasteiger partial charge in [0.15, 0.2) is 5.76 Å². The Morgan fingerprint density at radius 3 is 2.47 bits per heavy atom. The van der Waals surface area contributed by atoms with Gasteiger partial charge in [0.2, 0.25) is 11.8 Å². The first-order valence-corrected chi connectivity index (χ1v) is 10.6. The molecule has 0 unspecified atom stereocenters. The summed E-state index contributed by atoms with van der Waals surface area (Å²) in [6.07, 6.45) is 4.67. The SMILES string of the molecule is O=C(N1CCC(c2nnc(-c3ccco3)o2)CC1)C1(c2ccccc2)CCOCC1. The van der Waals surface area contributed by atoms with Gasteiger partial charge in [0.1, 0.15) is 0 Å². The van der Waals surface area contributed by atoms with Crippen LogP contribution in [0.25, 0.3) is 11.7 Å². The van der Waals surface area contributed by atoms with Crippen molar-refractivity contribution in [3.63, 3.8) is 0 Å². The van der Waals surface area contributed by atoms with Gasteiger partial charge in [-0.2, -0.15) is 0 Å². The van der Waals surface area contributed by atoms with Crippen molar-refractivity contribution in [3.8, 4) is 11.7 Å². The van der Waals surface area contributed by atoms with Crippen LogP contribution in [0.3, 0.4) is 0 Å². The smallest absolute Gasteiger partial charge is 0.283 e. The molecular weight excluding hydrogens is 382 g/mol. The van der Waals surface area contributed by atoms with E-state index < -0.39 is 5.41 Å². The maximum Gasteiger partial charge on any atom is 0.283 e. The van der Waals surface area contributed by atoms with Gasteiger partial charge in [-0.15, -0.1) is 10.2 Å². The van der Waals surface area contributed by atoms with Gasteiger partial charge in [-0.1, -0.05) is 30.3 Å². The zero-order valence-electron chi connectivity index (χ0n) is 16.8. The highest BCUT2D eigenvalue weighted by molar-refractivity contribution is 5.88. The van der Waals surface area contributed by atoms with Gasteiger partial charge < -0.3 is 18.5 Å². The lowest BCUT2D eigenvalue weighted by Gasteiger charge is -2.42. The lowest BCUT2D eigenvalue weighted by molar-refractivity contribution is -0.142. The maximum absolute atomic E-state index is 13.7. The molecule has 156 valence electrons. The lowest BCUT2D eigenvalue weighted by atomic mass is 9.72. The third-order valence-corrected chi connectivity index (χ3v) is 6.39. The molecule has 7 nitrogen and oxygen atoms in total. The number of likely N-dealkylation sites (tertiary alicyclic amines) is 1. The average molecular weight is 407 g/mol. The molecule has 7 heteroatoms. The van der Waals surface area contributed by atoms with E-state index in [4.69, 9.17) is 13.6 Å². The molecule has 0 spiro atoms.